The van der Waals surface area contributed by atoms with E-state index in [1.807, 2.05) is 37.3 Å². The van der Waals surface area contributed by atoms with Gasteiger partial charge in [0.2, 0.25) is 5.91 Å². The number of rotatable bonds is 5. The molecule has 2 aromatic carbocycles. The van der Waals surface area contributed by atoms with Crippen molar-refractivity contribution in [1.82, 2.24) is 5.32 Å². The van der Waals surface area contributed by atoms with Gasteiger partial charge in [0.15, 0.2) is 11.5 Å². The number of anilines is 1. The third-order valence-corrected chi connectivity index (χ3v) is 5.20. The molecule has 2 aliphatic heterocycles. The topological polar surface area (TPSA) is 67.9 Å². The van der Waals surface area contributed by atoms with Crippen molar-refractivity contribution in [3.63, 3.8) is 0 Å². The molecule has 0 bridgehead atoms. The van der Waals surface area contributed by atoms with Gasteiger partial charge in [0.1, 0.15) is 13.2 Å². The number of amides is 2. The Kier molecular flexibility index (Phi) is 5.19. The maximum atomic E-state index is 12.7. The number of ether oxygens (including phenoxy) is 2. The summed E-state index contributed by atoms with van der Waals surface area (Å²) in [5.41, 5.74) is 2.41. The molecule has 1 N–H and O–H groups in total. The second-order valence-corrected chi connectivity index (χ2v) is 7.03. The lowest BCUT2D eigenvalue weighted by molar-refractivity contribution is -0.117. The minimum absolute atomic E-state index is 0.122. The van der Waals surface area contributed by atoms with Crippen LogP contribution in [-0.2, 0) is 4.79 Å². The minimum atomic E-state index is -0.138. The number of carbonyl (C=O) groups excluding carboxylic acids is 2. The molecule has 0 aliphatic carbocycles. The van der Waals surface area contributed by atoms with Gasteiger partial charge in [-0.05, 0) is 54.8 Å². The lowest BCUT2D eigenvalue weighted by atomic mass is 10.0. The molecule has 2 heterocycles. The predicted octanol–water partition coefficient (Wildman–Crippen LogP) is 3.47. The van der Waals surface area contributed by atoms with Gasteiger partial charge in [0, 0.05) is 24.2 Å². The fourth-order valence-electron chi connectivity index (χ4n) is 3.65. The molecule has 1 atom stereocenters. The standard InChI is InChI=1S/C22H24N2O4/c1-2-18(16-7-10-19-20(14-16)28-13-12-27-19)23-22(26)15-5-8-17(9-6-15)24-11-3-4-21(24)25/h5-10,14,18H,2-4,11-13H2,1H3,(H,23,26). The Bertz CT molecular complexity index is 879. The van der Waals surface area contributed by atoms with Crippen LogP contribution < -0.4 is 19.7 Å². The number of nitrogens with one attached hydrogen (secondary N) is 1. The van der Waals surface area contributed by atoms with E-state index in [1.165, 1.54) is 0 Å². The minimum Gasteiger partial charge on any atom is -0.486 e. The molecule has 1 saturated heterocycles. The van der Waals surface area contributed by atoms with Crippen molar-refractivity contribution in [2.24, 2.45) is 0 Å². The van der Waals surface area contributed by atoms with Gasteiger partial charge in [-0.2, -0.15) is 0 Å². The van der Waals surface area contributed by atoms with Crippen LogP contribution in [0.2, 0.25) is 0 Å². The molecule has 2 aliphatic rings. The lowest BCUT2D eigenvalue weighted by Gasteiger charge is -2.22. The van der Waals surface area contributed by atoms with E-state index in [0.29, 0.717) is 25.2 Å². The summed E-state index contributed by atoms with van der Waals surface area (Å²) in [4.78, 5) is 26.4. The van der Waals surface area contributed by atoms with Crippen LogP contribution in [-0.4, -0.2) is 31.6 Å². The highest BCUT2D eigenvalue weighted by atomic mass is 16.6. The summed E-state index contributed by atoms with van der Waals surface area (Å²) in [6.07, 6.45) is 2.23. The molecule has 0 radical (unpaired) electrons. The Morgan fingerprint density at radius 3 is 2.54 bits per heavy atom. The van der Waals surface area contributed by atoms with E-state index in [9.17, 15) is 9.59 Å². The van der Waals surface area contributed by atoms with E-state index >= 15 is 0 Å². The van der Waals surface area contributed by atoms with Crippen molar-refractivity contribution in [3.8, 4) is 11.5 Å². The molecule has 6 heteroatoms. The SMILES string of the molecule is CCC(NC(=O)c1ccc(N2CCCC2=O)cc1)c1ccc2c(c1)OCCO2. The quantitative estimate of drug-likeness (QED) is 0.863. The fourth-order valence-corrected chi connectivity index (χ4v) is 3.65. The number of carbonyl (C=O) groups is 2. The third-order valence-electron chi connectivity index (χ3n) is 5.20. The monoisotopic (exact) mass is 380 g/mol. The van der Waals surface area contributed by atoms with Gasteiger partial charge < -0.3 is 19.7 Å². The predicted molar refractivity (Wildman–Crippen MR) is 106 cm³/mol. The fraction of sp³-hybridized carbons (Fsp3) is 0.364. The number of fused-ring (bicyclic) bond motifs is 1. The van der Waals surface area contributed by atoms with E-state index in [2.05, 4.69) is 5.32 Å². The molecule has 146 valence electrons. The summed E-state index contributed by atoms with van der Waals surface area (Å²) in [5, 5.41) is 3.09. The summed E-state index contributed by atoms with van der Waals surface area (Å²) in [7, 11) is 0. The van der Waals surface area contributed by atoms with Crippen LogP contribution in [0.15, 0.2) is 42.5 Å². The van der Waals surface area contributed by atoms with Gasteiger partial charge in [-0.25, -0.2) is 0 Å². The van der Waals surface area contributed by atoms with Gasteiger partial charge in [0.05, 0.1) is 6.04 Å². The molecule has 28 heavy (non-hydrogen) atoms. The number of hydrogen-bond acceptors (Lipinski definition) is 4. The van der Waals surface area contributed by atoms with Crippen LogP contribution in [0, 0.1) is 0 Å². The van der Waals surface area contributed by atoms with Crippen molar-refractivity contribution in [2.45, 2.75) is 32.2 Å². The van der Waals surface area contributed by atoms with E-state index < -0.39 is 0 Å². The number of benzene rings is 2. The average Bonchev–Trinajstić information content (AvgIpc) is 3.17. The van der Waals surface area contributed by atoms with Crippen molar-refractivity contribution in [2.75, 3.05) is 24.7 Å². The van der Waals surface area contributed by atoms with Crippen LogP contribution in [0.4, 0.5) is 5.69 Å². The zero-order chi connectivity index (χ0) is 19.5. The Balaban J connectivity index is 1.46. The molecule has 0 spiro atoms. The molecule has 0 aromatic heterocycles. The summed E-state index contributed by atoms with van der Waals surface area (Å²) in [6, 6.07) is 12.9. The molecule has 1 unspecified atom stereocenters. The molecular weight excluding hydrogens is 356 g/mol. The van der Waals surface area contributed by atoms with Crippen LogP contribution >= 0.6 is 0 Å². The maximum Gasteiger partial charge on any atom is 0.251 e. The van der Waals surface area contributed by atoms with Crippen molar-refractivity contribution >= 4 is 17.5 Å². The van der Waals surface area contributed by atoms with Crippen molar-refractivity contribution < 1.29 is 19.1 Å². The Labute approximate surface area is 164 Å². The summed E-state index contributed by atoms with van der Waals surface area (Å²) >= 11 is 0. The van der Waals surface area contributed by atoms with Crippen LogP contribution in [0.1, 0.15) is 48.1 Å². The first-order valence-electron chi connectivity index (χ1n) is 9.76. The zero-order valence-corrected chi connectivity index (χ0v) is 15.9. The normalized spacial score (nSPS) is 16.8. The van der Waals surface area contributed by atoms with E-state index in [0.717, 1.165) is 42.1 Å². The number of hydrogen-bond donors (Lipinski definition) is 1. The van der Waals surface area contributed by atoms with Crippen molar-refractivity contribution in [3.05, 3.63) is 53.6 Å². The van der Waals surface area contributed by atoms with E-state index in [4.69, 9.17) is 9.47 Å². The smallest absolute Gasteiger partial charge is 0.251 e. The summed E-state index contributed by atoms with van der Waals surface area (Å²) < 4.78 is 11.2. The molecule has 6 nitrogen and oxygen atoms in total. The molecule has 2 aromatic rings. The lowest BCUT2D eigenvalue weighted by Crippen LogP contribution is -2.28. The third kappa shape index (κ3) is 3.67. The van der Waals surface area contributed by atoms with Crippen LogP contribution in [0.5, 0.6) is 11.5 Å². The van der Waals surface area contributed by atoms with E-state index in [-0.39, 0.29) is 17.9 Å². The maximum absolute atomic E-state index is 12.7. The van der Waals surface area contributed by atoms with Gasteiger partial charge in [0.25, 0.3) is 5.91 Å². The number of nitrogens with zero attached hydrogens (tertiary/aromatic N) is 1. The Hall–Kier alpha value is -3.02. The molecule has 2 amide bonds. The first-order valence-corrected chi connectivity index (χ1v) is 9.76. The molecule has 1 fully saturated rings. The second kappa shape index (κ2) is 7.92. The van der Waals surface area contributed by atoms with Gasteiger partial charge in [-0.3, -0.25) is 9.59 Å². The molecular formula is C22H24N2O4. The van der Waals surface area contributed by atoms with Gasteiger partial charge >= 0.3 is 0 Å². The highest BCUT2D eigenvalue weighted by Crippen LogP contribution is 2.33. The molecule has 4 rings (SSSR count). The first kappa shape index (κ1) is 18.3. The van der Waals surface area contributed by atoms with Crippen molar-refractivity contribution in [1.29, 1.82) is 0 Å². The summed E-state index contributed by atoms with van der Waals surface area (Å²) in [5.74, 6) is 1.46. The average molecular weight is 380 g/mol. The van der Waals surface area contributed by atoms with E-state index in [1.54, 1.807) is 17.0 Å². The Morgan fingerprint density at radius 1 is 1.11 bits per heavy atom. The Morgan fingerprint density at radius 2 is 1.86 bits per heavy atom. The van der Waals surface area contributed by atoms with Gasteiger partial charge in [-0.1, -0.05) is 13.0 Å². The highest BCUT2D eigenvalue weighted by Gasteiger charge is 2.22. The van der Waals surface area contributed by atoms with Gasteiger partial charge in [-0.15, -0.1) is 0 Å². The molecule has 0 saturated carbocycles. The largest absolute Gasteiger partial charge is 0.486 e. The second-order valence-electron chi connectivity index (χ2n) is 7.03. The zero-order valence-electron chi connectivity index (χ0n) is 15.9. The highest BCUT2D eigenvalue weighted by molar-refractivity contribution is 5.97. The first-order chi connectivity index (χ1) is 13.7. The van der Waals surface area contributed by atoms with Crippen LogP contribution in [0.3, 0.4) is 0 Å². The van der Waals surface area contributed by atoms with Crippen LogP contribution in [0.25, 0.3) is 0 Å². The summed E-state index contributed by atoms with van der Waals surface area (Å²) in [6.45, 7) is 3.86.